The second-order valence-corrected chi connectivity index (χ2v) is 13.0. The van der Waals surface area contributed by atoms with E-state index in [1.54, 1.807) is 12.1 Å². The largest absolute Gasteiger partial charge is 0.504 e. The zero-order valence-corrected chi connectivity index (χ0v) is 24.7. The molecule has 0 unspecified atom stereocenters. The third-order valence-electron chi connectivity index (χ3n) is 10.7. The first kappa shape index (κ1) is 27.2. The quantitative estimate of drug-likeness (QED) is 0.418. The molecule has 3 aromatic carbocycles. The highest BCUT2D eigenvalue weighted by atomic mass is 16.5. The molecular formula is C36H40N2O4. The average Bonchev–Trinajstić information content (AvgIpc) is 3.32. The Bertz CT molecular complexity index is 1550. The van der Waals surface area contributed by atoms with Gasteiger partial charge in [0.05, 0.1) is 17.1 Å². The molecule has 1 amide bonds. The average molecular weight is 565 g/mol. The predicted octanol–water partition coefficient (Wildman–Crippen LogP) is 4.88. The first-order valence-corrected chi connectivity index (χ1v) is 15.3. The molecular weight excluding hydrogens is 524 g/mol. The fourth-order valence-corrected chi connectivity index (χ4v) is 8.85. The van der Waals surface area contributed by atoms with Gasteiger partial charge in [0.1, 0.15) is 6.10 Å². The predicted molar refractivity (Wildman–Crippen MR) is 164 cm³/mol. The fraction of sp³-hybridized carbons (Fsp3) is 0.417. The molecule has 1 saturated carbocycles. The zero-order chi connectivity index (χ0) is 29.2. The first-order valence-electron chi connectivity index (χ1n) is 15.3. The van der Waals surface area contributed by atoms with Crippen molar-refractivity contribution in [1.29, 1.82) is 0 Å². The molecule has 2 bridgehead atoms. The molecule has 2 heterocycles. The van der Waals surface area contributed by atoms with E-state index in [1.807, 2.05) is 55.3 Å². The molecule has 3 aromatic rings. The van der Waals surface area contributed by atoms with Gasteiger partial charge in [-0.2, -0.15) is 0 Å². The summed E-state index contributed by atoms with van der Waals surface area (Å²) in [5, 5.41) is 23.9. The number of aromatic hydroxyl groups is 1. The second kappa shape index (κ2) is 9.99. The number of benzene rings is 3. The minimum absolute atomic E-state index is 0.0102. The molecule has 2 N–H and O–H groups in total. The minimum atomic E-state index is -1.03. The smallest absolute Gasteiger partial charge is 0.246 e. The maximum absolute atomic E-state index is 13.6. The monoisotopic (exact) mass is 564 g/mol. The summed E-state index contributed by atoms with van der Waals surface area (Å²) in [6, 6.07) is 22.0. The van der Waals surface area contributed by atoms with Gasteiger partial charge in [-0.15, -0.1) is 0 Å². The van der Waals surface area contributed by atoms with E-state index in [2.05, 4.69) is 42.2 Å². The van der Waals surface area contributed by atoms with Gasteiger partial charge in [0, 0.05) is 31.3 Å². The zero-order valence-electron chi connectivity index (χ0n) is 24.7. The van der Waals surface area contributed by atoms with Crippen molar-refractivity contribution in [1.82, 2.24) is 9.80 Å². The van der Waals surface area contributed by atoms with Crippen LogP contribution < -0.4 is 4.74 Å². The van der Waals surface area contributed by atoms with Gasteiger partial charge in [0.15, 0.2) is 11.5 Å². The number of amides is 1. The van der Waals surface area contributed by atoms with Gasteiger partial charge in [-0.1, -0.05) is 73.2 Å². The van der Waals surface area contributed by atoms with Crippen LogP contribution >= 0.6 is 0 Å². The summed E-state index contributed by atoms with van der Waals surface area (Å²) < 4.78 is 6.73. The molecule has 0 aromatic heterocycles. The number of phenols is 1. The summed E-state index contributed by atoms with van der Waals surface area (Å²) in [6.07, 6.45) is 5.98. The van der Waals surface area contributed by atoms with E-state index in [1.165, 1.54) is 5.56 Å². The molecule has 2 aliphatic carbocycles. The minimum Gasteiger partial charge on any atom is -0.504 e. The van der Waals surface area contributed by atoms with Crippen LogP contribution in [0.25, 0.3) is 6.08 Å². The third-order valence-corrected chi connectivity index (χ3v) is 10.7. The highest BCUT2D eigenvalue weighted by Gasteiger charge is 2.74. The Morgan fingerprint density at radius 1 is 1.14 bits per heavy atom. The van der Waals surface area contributed by atoms with Gasteiger partial charge < -0.3 is 19.8 Å². The molecule has 6 nitrogen and oxygen atoms in total. The van der Waals surface area contributed by atoms with E-state index in [9.17, 15) is 15.0 Å². The van der Waals surface area contributed by atoms with Gasteiger partial charge in [0.2, 0.25) is 5.91 Å². The SMILES string of the molecule is Cc1cccc(C=CC(=O)N(C)[C@H]2[C@@H](C)C[C@@]3(O)[C@H]4Cc5ccc(O)c6c5[C@@]3(CCN4CCc3ccccc3)[C@H]2O6)c1. The highest BCUT2D eigenvalue weighted by molar-refractivity contribution is 5.92. The maximum Gasteiger partial charge on any atom is 0.246 e. The summed E-state index contributed by atoms with van der Waals surface area (Å²) in [6.45, 7) is 5.88. The number of hydrogen-bond donors (Lipinski definition) is 2. The number of carbonyl (C=O) groups is 1. The van der Waals surface area contributed by atoms with Crippen molar-refractivity contribution < 1.29 is 19.7 Å². The van der Waals surface area contributed by atoms with Crippen molar-refractivity contribution in [3.63, 3.8) is 0 Å². The number of ether oxygens (including phenoxy) is 1. The van der Waals surface area contributed by atoms with Crippen molar-refractivity contribution in [2.75, 3.05) is 20.1 Å². The lowest BCUT2D eigenvalue weighted by Crippen LogP contribution is -2.79. The van der Waals surface area contributed by atoms with Crippen LogP contribution in [0, 0.1) is 12.8 Å². The van der Waals surface area contributed by atoms with Crippen molar-refractivity contribution in [3.05, 3.63) is 101 Å². The van der Waals surface area contributed by atoms with Crippen LogP contribution in [0.5, 0.6) is 11.5 Å². The standard InChI is InChI=1S/C36H40N2O4/c1-23-8-7-11-26(20-23)12-15-30(40)37(3)32-24(2)22-36(41)29-21-27-13-14-28(39)33-31(27)35(36,34(32)42-33)17-19-38(29)18-16-25-9-5-4-6-10-25/h4-15,20,24,29,32,34,39,41H,16-19,21-22H2,1-3H3/t24-,29+,32-,34-,35-,36+/m0/s1. The number of hydrogen-bond acceptors (Lipinski definition) is 5. The fourth-order valence-electron chi connectivity index (χ4n) is 8.85. The second-order valence-electron chi connectivity index (χ2n) is 13.0. The number of rotatable bonds is 6. The van der Waals surface area contributed by atoms with E-state index in [4.69, 9.17) is 4.74 Å². The van der Waals surface area contributed by atoms with Crippen molar-refractivity contribution in [3.8, 4) is 11.5 Å². The van der Waals surface area contributed by atoms with Crippen LogP contribution in [0.4, 0.5) is 0 Å². The van der Waals surface area contributed by atoms with Crippen molar-refractivity contribution in [2.45, 2.75) is 68.7 Å². The van der Waals surface area contributed by atoms with Crippen molar-refractivity contribution in [2.24, 2.45) is 5.92 Å². The van der Waals surface area contributed by atoms with Crippen LogP contribution in [-0.4, -0.2) is 69.8 Å². The Labute approximate surface area is 248 Å². The van der Waals surface area contributed by atoms with Crippen LogP contribution in [0.2, 0.25) is 0 Å². The first-order chi connectivity index (χ1) is 20.2. The number of carbonyl (C=O) groups excluding carboxylic acids is 1. The Morgan fingerprint density at radius 2 is 1.95 bits per heavy atom. The van der Waals surface area contributed by atoms with Gasteiger partial charge in [0.25, 0.3) is 0 Å². The number of piperidine rings is 1. The van der Waals surface area contributed by atoms with Crippen LogP contribution in [0.1, 0.15) is 47.6 Å². The van der Waals surface area contributed by atoms with E-state index in [0.29, 0.717) is 18.6 Å². The van der Waals surface area contributed by atoms with E-state index < -0.39 is 17.1 Å². The summed E-state index contributed by atoms with van der Waals surface area (Å²) in [5.74, 6) is 0.516. The summed E-state index contributed by atoms with van der Waals surface area (Å²) in [7, 11) is 1.85. The lowest BCUT2D eigenvalue weighted by Gasteiger charge is -2.66. The van der Waals surface area contributed by atoms with Gasteiger partial charge in [-0.05, 0) is 73.9 Å². The van der Waals surface area contributed by atoms with Crippen LogP contribution in [0.3, 0.4) is 0 Å². The number of aliphatic hydroxyl groups is 1. The van der Waals surface area contributed by atoms with Gasteiger partial charge >= 0.3 is 0 Å². The van der Waals surface area contributed by atoms with Gasteiger partial charge in [-0.25, -0.2) is 0 Å². The maximum atomic E-state index is 13.6. The van der Waals surface area contributed by atoms with Crippen LogP contribution in [-0.2, 0) is 23.1 Å². The summed E-state index contributed by atoms with van der Waals surface area (Å²) >= 11 is 0. The molecule has 2 fully saturated rings. The molecule has 1 saturated heterocycles. The number of likely N-dealkylation sites (N-methyl/N-ethyl adjacent to an activating group) is 1. The Balaban J connectivity index is 1.24. The molecule has 7 rings (SSSR count). The van der Waals surface area contributed by atoms with Crippen LogP contribution in [0.15, 0.2) is 72.8 Å². The Morgan fingerprint density at radius 3 is 2.74 bits per heavy atom. The molecule has 6 atom stereocenters. The van der Waals surface area contributed by atoms with E-state index in [0.717, 1.165) is 48.2 Å². The number of nitrogens with zero attached hydrogens (tertiary/aromatic N) is 2. The number of aryl methyl sites for hydroxylation is 1. The molecule has 6 heteroatoms. The molecule has 4 aliphatic rings. The molecule has 2 aliphatic heterocycles. The molecule has 0 radical (unpaired) electrons. The highest BCUT2D eigenvalue weighted by Crippen LogP contribution is 2.66. The van der Waals surface area contributed by atoms with E-state index in [-0.39, 0.29) is 29.7 Å². The molecule has 218 valence electrons. The number of phenolic OH excluding ortho intramolecular Hbond substituents is 1. The lowest BCUT2D eigenvalue weighted by atomic mass is 9.46. The number of likely N-dealkylation sites (tertiary alicyclic amines) is 1. The Hall–Kier alpha value is -3.61. The molecule has 42 heavy (non-hydrogen) atoms. The Kier molecular flexibility index (Phi) is 6.48. The lowest BCUT2D eigenvalue weighted by molar-refractivity contribution is -0.211. The summed E-state index contributed by atoms with van der Waals surface area (Å²) in [4.78, 5) is 17.9. The van der Waals surface area contributed by atoms with Crippen molar-refractivity contribution >= 4 is 12.0 Å². The normalized spacial score (nSPS) is 31.0. The summed E-state index contributed by atoms with van der Waals surface area (Å²) in [5.41, 5.74) is 3.83. The molecule has 1 spiro atoms. The third kappa shape index (κ3) is 3.95. The van der Waals surface area contributed by atoms with Gasteiger partial charge in [-0.3, -0.25) is 9.69 Å². The topological polar surface area (TPSA) is 73.2 Å². The van der Waals surface area contributed by atoms with E-state index >= 15 is 0 Å².